The number of carboxylic acid groups (broad SMARTS) is 1. The van der Waals surface area contributed by atoms with Crippen molar-refractivity contribution in [2.45, 2.75) is 32.1 Å². The van der Waals surface area contributed by atoms with Gasteiger partial charge in [0.2, 0.25) is 10.0 Å². The zero-order valence-electron chi connectivity index (χ0n) is 16.6. The van der Waals surface area contributed by atoms with Crippen molar-refractivity contribution in [2.75, 3.05) is 19.6 Å². The maximum Gasteiger partial charge on any atom is 0.348 e. The van der Waals surface area contributed by atoms with Crippen LogP contribution in [0.5, 0.6) is 0 Å². The topological polar surface area (TPSA) is 132 Å². The number of sulfonamides is 1. The van der Waals surface area contributed by atoms with Crippen LogP contribution in [-0.4, -0.2) is 59.3 Å². The Hall–Kier alpha value is -2.72. The van der Waals surface area contributed by atoms with Crippen LogP contribution in [0.15, 0.2) is 36.0 Å². The van der Waals surface area contributed by atoms with Crippen molar-refractivity contribution < 1.29 is 23.1 Å². The van der Waals surface area contributed by atoms with Crippen LogP contribution in [0, 0.1) is 5.92 Å². The fourth-order valence-corrected chi connectivity index (χ4v) is 4.88. The highest BCUT2D eigenvalue weighted by molar-refractivity contribution is 7.94. The van der Waals surface area contributed by atoms with Crippen LogP contribution in [0.25, 0.3) is 10.9 Å². The zero-order chi connectivity index (χ0) is 21.7. The average Bonchev–Trinajstić information content (AvgIpc) is 3.17. The lowest BCUT2D eigenvalue weighted by Crippen LogP contribution is -2.40. The Bertz CT molecular complexity index is 1010. The highest BCUT2D eigenvalue weighted by Gasteiger charge is 2.32. The van der Waals surface area contributed by atoms with Crippen LogP contribution in [-0.2, 0) is 14.8 Å². The van der Waals surface area contributed by atoms with Gasteiger partial charge in [-0.15, -0.1) is 0 Å². The van der Waals surface area contributed by atoms with E-state index in [4.69, 9.17) is 5.11 Å². The highest BCUT2D eigenvalue weighted by atomic mass is 32.2. The number of carbonyl (C=O) groups excluding carboxylic acids is 1. The Balaban J connectivity index is 1.35. The summed E-state index contributed by atoms with van der Waals surface area (Å²) in [6.07, 6.45) is 7.47. The van der Waals surface area contributed by atoms with Crippen molar-refractivity contribution in [1.82, 2.24) is 19.6 Å². The third kappa shape index (κ3) is 5.06. The molecule has 1 saturated heterocycles. The number of hydrogen-bond donors (Lipinski definition) is 3. The van der Waals surface area contributed by atoms with Gasteiger partial charge in [0.25, 0.3) is 5.91 Å². The number of aromatic amines is 1. The number of piperidine rings is 1. The fourth-order valence-electron chi connectivity index (χ4n) is 3.65. The minimum Gasteiger partial charge on any atom is -0.477 e. The van der Waals surface area contributed by atoms with Crippen molar-refractivity contribution in [3.8, 4) is 0 Å². The molecule has 9 nitrogen and oxygen atoms in total. The minimum atomic E-state index is -3.97. The van der Waals surface area contributed by atoms with E-state index in [-0.39, 0.29) is 5.91 Å². The molecule has 1 fully saturated rings. The first-order valence-electron chi connectivity index (χ1n) is 9.92. The summed E-state index contributed by atoms with van der Waals surface area (Å²) in [6, 6.07) is 3.60. The largest absolute Gasteiger partial charge is 0.477 e. The molecule has 0 saturated carbocycles. The Morgan fingerprint density at radius 2 is 2.03 bits per heavy atom. The molecule has 0 aromatic carbocycles. The average molecular weight is 435 g/mol. The third-order valence-electron chi connectivity index (χ3n) is 5.45. The molecule has 10 heteroatoms. The number of unbranched alkanes of at least 4 members (excludes halogenated alkanes) is 1. The van der Waals surface area contributed by atoms with E-state index >= 15 is 0 Å². The van der Waals surface area contributed by atoms with Crippen molar-refractivity contribution in [3.05, 3.63) is 41.7 Å². The first kappa shape index (κ1) is 22.0. The van der Waals surface area contributed by atoms with Crippen molar-refractivity contribution >= 4 is 32.8 Å². The standard InChI is InChI=1S/C20H26N4O5S/c1-14(20(26)27)30(28,29)24-10-6-15(7-11-24)4-2-3-8-22-19(25)18-12-16-13-21-9-5-17(16)23-18/h5,9,12-13,15,23H,1-4,6-8,10-11H2,(H,22,25)(H,26,27). The number of rotatable bonds is 9. The summed E-state index contributed by atoms with van der Waals surface area (Å²) in [7, 11) is -3.97. The number of pyridine rings is 1. The molecular weight excluding hydrogens is 408 g/mol. The number of carboxylic acids is 1. The summed E-state index contributed by atoms with van der Waals surface area (Å²) in [5, 5.41) is 12.7. The van der Waals surface area contributed by atoms with Gasteiger partial charge in [-0.2, -0.15) is 4.31 Å². The lowest BCUT2D eigenvalue weighted by Gasteiger charge is -2.31. The van der Waals surface area contributed by atoms with Crippen LogP contribution in [0.4, 0.5) is 0 Å². The summed E-state index contributed by atoms with van der Waals surface area (Å²) in [4.78, 5) is 29.5. The molecule has 2 aromatic rings. The van der Waals surface area contributed by atoms with Gasteiger partial charge in [-0.3, -0.25) is 9.78 Å². The molecule has 0 unspecified atom stereocenters. The molecule has 0 bridgehead atoms. The molecule has 3 rings (SSSR count). The first-order chi connectivity index (χ1) is 14.3. The molecule has 1 aliphatic rings. The smallest absolute Gasteiger partial charge is 0.348 e. The molecule has 3 heterocycles. The van der Waals surface area contributed by atoms with Crippen LogP contribution < -0.4 is 5.32 Å². The van der Waals surface area contributed by atoms with Gasteiger partial charge in [0, 0.05) is 42.9 Å². The van der Waals surface area contributed by atoms with E-state index in [0.29, 0.717) is 44.1 Å². The van der Waals surface area contributed by atoms with Gasteiger partial charge in [-0.05, 0) is 37.3 Å². The monoisotopic (exact) mass is 434 g/mol. The number of hydrogen-bond acceptors (Lipinski definition) is 5. The molecule has 0 spiro atoms. The molecular formula is C20H26N4O5S. The lowest BCUT2D eigenvalue weighted by molar-refractivity contribution is -0.131. The maximum atomic E-state index is 12.2. The highest BCUT2D eigenvalue weighted by Crippen LogP contribution is 2.26. The SMILES string of the molecule is C=C(C(=O)O)S(=O)(=O)N1CCC(CCCCNC(=O)c2cc3cnccc3[nH]2)CC1. The van der Waals surface area contributed by atoms with E-state index in [1.165, 1.54) is 4.31 Å². The molecule has 3 N–H and O–H groups in total. The van der Waals surface area contributed by atoms with Crippen molar-refractivity contribution in [1.29, 1.82) is 0 Å². The van der Waals surface area contributed by atoms with Gasteiger partial charge in [-0.25, -0.2) is 13.2 Å². The number of fused-ring (bicyclic) bond motifs is 1. The third-order valence-corrected chi connectivity index (χ3v) is 7.30. The van der Waals surface area contributed by atoms with Crippen LogP contribution >= 0.6 is 0 Å². The fraction of sp³-hybridized carbons (Fsp3) is 0.450. The van der Waals surface area contributed by atoms with Crippen molar-refractivity contribution in [3.63, 3.8) is 0 Å². The summed E-state index contributed by atoms with van der Waals surface area (Å²) in [5.74, 6) is -1.27. The molecule has 0 aliphatic carbocycles. The Labute approximate surface area is 175 Å². The second kappa shape index (κ2) is 9.40. The molecule has 0 atom stereocenters. The molecule has 1 amide bonds. The molecule has 162 valence electrons. The Morgan fingerprint density at radius 1 is 1.30 bits per heavy atom. The van der Waals surface area contributed by atoms with Gasteiger partial charge in [0.1, 0.15) is 5.69 Å². The van der Waals surface area contributed by atoms with Crippen LogP contribution in [0.3, 0.4) is 0 Å². The summed E-state index contributed by atoms with van der Waals surface area (Å²) < 4.78 is 25.5. The maximum absolute atomic E-state index is 12.2. The number of aliphatic carboxylic acids is 1. The summed E-state index contributed by atoms with van der Waals surface area (Å²) in [5.41, 5.74) is 1.38. The van der Waals surface area contributed by atoms with E-state index in [9.17, 15) is 18.0 Å². The van der Waals surface area contributed by atoms with Crippen LogP contribution in [0.1, 0.15) is 42.6 Å². The normalized spacial score (nSPS) is 15.9. The van der Waals surface area contributed by atoms with Gasteiger partial charge >= 0.3 is 5.97 Å². The second-order valence-corrected chi connectivity index (χ2v) is 9.43. The van der Waals surface area contributed by atoms with E-state index < -0.39 is 20.9 Å². The predicted octanol–water partition coefficient (Wildman–Crippen LogP) is 2.10. The van der Waals surface area contributed by atoms with E-state index in [1.54, 1.807) is 18.5 Å². The Morgan fingerprint density at radius 3 is 2.70 bits per heavy atom. The predicted molar refractivity (Wildman–Crippen MR) is 112 cm³/mol. The van der Waals surface area contributed by atoms with E-state index in [2.05, 4.69) is 21.9 Å². The lowest BCUT2D eigenvalue weighted by atomic mass is 9.92. The zero-order valence-corrected chi connectivity index (χ0v) is 17.5. The number of aromatic nitrogens is 2. The van der Waals surface area contributed by atoms with Gasteiger partial charge in [0.15, 0.2) is 4.91 Å². The van der Waals surface area contributed by atoms with Crippen LogP contribution in [0.2, 0.25) is 0 Å². The number of H-pyrrole nitrogens is 1. The quantitative estimate of drug-likeness (QED) is 0.409. The van der Waals surface area contributed by atoms with Gasteiger partial charge in [0.05, 0.1) is 0 Å². The molecule has 30 heavy (non-hydrogen) atoms. The Kier molecular flexibility index (Phi) is 6.88. The minimum absolute atomic E-state index is 0.150. The number of nitrogens with one attached hydrogen (secondary N) is 2. The summed E-state index contributed by atoms with van der Waals surface area (Å²) in [6.45, 7) is 4.36. The van der Waals surface area contributed by atoms with Crippen molar-refractivity contribution in [2.24, 2.45) is 5.92 Å². The molecule has 2 aromatic heterocycles. The molecule has 1 aliphatic heterocycles. The number of carbonyl (C=O) groups is 2. The van der Waals surface area contributed by atoms with Gasteiger partial charge < -0.3 is 15.4 Å². The van der Waals surface area contributed by atoms with E-state index in [1.807, 2.05) is 6.07 Å². The van der Waals surface area contributed by atoms with E-state index in [0.717, 1.165) is 30.2 Å². The van der Waals surface area contributed by atoms with Gasteiger partial charge in [-0.1, -0.05) is 19.4 Å². The second-order valence-electron chi connectivity index (χ2n) is 7.47. The number of nitrogens with zero attached hydrogens (tertiary/aromatic N) is 2. The first-order valence-corrected chi connectivity index (χ1v) is 11.4. The number of amides is 1. The molecule has 0 radical (unpaired) electrons. The summed E-state index contributed by atoms with van der Waals surface area (Å²) >= 11 is 0.